The van der Waals surface area contributed by atoms with E-state index in [0.717, 1.165) is 11.3 Å². The maximum Gasteiger partial charge on any atom is 0.242 e. The molecule has 0 heterocycles. The van der Waals surface area contributed by atoms with Crippen molar-refractivity contribution in [3.05, 3.63) is 70.2 Å². The van der Waals surface area contributed by atoms with E-state index in [4.69, 9.17) is 11.6 Å². The molecule has 0 aliphatic heterocycles. The Kier molecular flexibility index (Phi) is 9.05. The maximum atomic E-state index is 13.0. The summed E-state index contributed by atoms with van der Waals surface area (Å²) in [4.78, 5) is 27.2. The van der Waals surface area contributed by atoms with Crippen LogP contribution in [0.25, 0.3) is 0 Å². The van der Waals surface area contributed by atoms with Crippen molar-refractivity contribution in [2.24, 2.45) is 0 Å². The molecular weight excluding hydrogens is 404 g/mol. The minimum absolute atomic E-state index is 0.0216. The zero-order chi connectivity index (χ0) is 21.4. The molecule has 0 fully saturated rings. The lowest BCUT2D eigenvalue weighted by atomic mass is 10.1. The van der Waals surface area contributed by atoms with Gasteiger partial charge in [0.05, 0.1) is 5.75 Å². The molecule has 0 saturated carbocycles. The average molecular weight is 433 g/mol. The van der Waals surface area contributed by atoms with Gasteiger partial charge in [-0.25, -0.2) is 0 Å². The Morgan fingerprint density at radius 3 is 2.17 bits per heavy atom. The third kappa shape index (κ3) is 7.75. The summed E-state index contributed by atoms with van der Waals surface area (Å²) in [5, 5.41) is 3.54. The first-order chi connectivity index (χ1) is 13.8. The van der Waals surface area contributed by atoms with E-state index in [0.29, 0.717) is 17.3 Å². The van der Waals surface area contributed by atoms with E-state index in [1.165, 1.54) is 11.1 Å². The second-order valence-electron chi connectivity index (χ2n) is 7.47. The second-order valence-corrected chi connectivity index (χ2v) is 8.89. The summed E-state index contributed by atoms with van der Waals surface area (Å²) < 4.78 is 0. The van der Waals surface area contributed by atoms with Crippen LogP contribution in [0, 0.1) is 6.92 Å². The second kappa shape index (κ2) is 11.3. The molecule has 0 aliphatic rings. The van der Waals surface area contributed by atoms with Gasteiger partial charge >= 0.3 is 0 Å². The summed E-state index contributed by atoms with van der Waals surface area (Å²) in [6.07, 6.45) is 0. The van der Waals surface area contributed by atoms with Gasteiger partial charge < -0.3 is 10.2 Å². The van der Waals surface area contributed by atoms with Crippen LogP contribution in [-0.4, -0.2) is 34.6 Å². The van der Waals surface area contributed by atoms with E-state index < -0.39 is 6.04 Å². The van der Waals surface area contributed by atoms with Gasteiger partial charge in [-0.15, -0.1) is 11.8 Å². The van der Waals surface area contributed by atoms with Crippen LogP contribution in [0.4, 0.5) is 0 Å². The van der Waals surface area contributed by atoms with Crippen LogP contribution in [-0.2, 0) is 21.9 Å². The van der Waals surface area contributed by atoms with E-state index >= 15 is 0 Å². The number of benzene rings is 2. The molecule has 156 valence electrons. The molecule has 6 heteroatoms. The van der Waals surface area contributed by atoms with Gasteiger partial charge in [-0.2, -0.15) is 0 Å². The van der Waals surface area contributed by atoms with Crippen molar-refractivity contribution in [2.75, 3.05) is 5.75 Å². The number of halogens is 1. The van der Waals surface area contributed by atoms with Crippen molar-refractivity contribution >= 4 is 35.2 Å². The SMILES string of the molecule is Cc1ccc(CSCC(=O)N(Cc2ccc(Cl)cc2)[C@H](C)C(=O)NC(C)C)cc1. The Morgan fingerprint density at radius 2 is 1.59 bits per heavy atom. The lowest BCUT2D eigenvalue weighted by molar-refractivity contribution is -0.138. The summed E-state index contributed by atoms with van der Waals surface area (Å²) in [5.74, 6) is 0.878. The van der Waals surface area contributed by atoms with Crippen molar-refractivity contribution in [3.8, 4) is 0 Å². The van der Waals surface area contributed by atoms with Crippen molar-refractivity contribution in [1.82, 2.24) is 10.2 Å². The number of thioether (sulfide) groups is 1. The molecular formula is C23H29ClN2O2S. The number of aryl methyl sites for hydroxylation is 1. The van der Waals surface area contributed by atoms with Crippen LogP contribution in [0.3, 0.4) is 0 Å². The molecule has 0 aliphatic carbocycles. The molecule has 1 N–H and O–H groups in total. The normalized spacial score (nSPS) is 11.9. The number of hydrogen-bond acceptors (Lipinski definition) is 3. The highest BCUT2D eigenvalue weighted by molar-refractivity contribution is 7.99. The quantitative estimate of drug-likeness (QED) is 0.617. The fourth-order valence-electron chi connectivity index (χ4n) is 2.80. The molecule has 29 heavy (non-hydrogen) atoms. The molecule has 0 unspecified atom stereocenters. The van der Waals surface area contributed by atoms with Gasteiger partial charge in [0.15, 0.2) is 0 Å². The zero-order valence-corrected chi connectivity index (χ0v) is 19.0. The van der Waals surface area contributed by atoms with E-state index in [1.807, 2.05) is 26.0 Å². The Morgan fingerprint density at radius 1 is 1.00 bits per heavy atom. The summed E-state index contributed by atoms with van der Waals surface area (Å²) in [6.45, 7) is 8.02. The summed E-state index contributed by atoms with van der Waals surface area (Å²) in [5.41, 5.74) is 3.34. The number of carbonyl (C=O) groups excluding carboxylic acids is 2. The minimum Gasteiger partial charge on any atom is -0.352 e. The molecule has 0 spiro atoms. The fraction of sp³-hybridized carbons (Fsp3) is 0.391. The number of amides is 2. The van der Waals surface area contributed by atoms with Crippen LogP contribution >= 0.6 is 23.4 Å². The molecule has 2 aromatic rings. The van der Waals surface area contributed by atoms with Crippen LogP contribution in [0.1, 0.15) is 37.5 Å². The first-order valence-electron chi connectivity index (χ1n) is 9.74. The Hall–Kier alpha value is -1.98. The third-order valence-corrected chi connectivity index (χ3v) is 5.72. The van der Waals surface area contributed by atoms with Gasteiger partial charge in [0.25, 0.3) is 0 Å². The van der Waals surface area contributed by atoms with Gasteiger partial charge in [-0.05, 0) is 51.0 Å². The van der Waals surface area contributed by atoms with Crippen LogP contribution in [0.5, 0.6) is 0 Å². The van der Waals surface area contributed by atoms with Crippen molar-refractivity contribution < 1.29 is 9.59 Å². The van der Waals surface area contributed by atoms with E-state index in [2.05, 4.69) is 36.5 Å². The average Bonchev–Trinajstić information content (AvgIpc) is 2.68. The highest BCUT2D eigenvalue weighted by Gasteiger charge is 2.26. The van der Waals surface area contributed by atoms with Crippen molar-refractivity contribution in [3.63, 3.8) is 0 Å². The first-order valence-corrected chi connectivity index (χ1v) is 11.3. The lowest BCUT2D eigenvalue weighted by Gasteiger charge is -2.29. The first kappa shape index (κ1) is 23.3. The van der Waals surface area contributed by atoms with Gasteiger partial charge in [0.1, 0.15) is 6.04 Å². The van der Waals surface area contributed by atoms with Gasteiger partial charge in [0.2, 0.25) is 11.8 Å². The highest BCUT2D eigenvalue weighted by Crippen LogP contribution is 2.17. The predicted octanol–water partition coefficient (Wildman–Crippen LogP) is 4.82. The predicted molar refractivity (Wildman–Crippen MR) is 122 cm³/mol. The standard InChI is InChI=1S/C23H29ClN2O2S/c1-16(2)25-23(28)18(4)26(13-19-9-11-21(24)12-10-19)22(27)15-29-14-20-7-5-17(3)6-8-20/h5-12,16,18H,13-15H2,1-4H3,(H,25,28)/t18-/m1/s1. The summed E-state index contributed by atoms with van der Waals surface area (Å²) in [6, 6.07) is 15.1. The van der Waals surface area contributed by atoms with Crippen molar-refractivity contribution in [1.29, 1.82) is 0 Å². The van der Waals surface area contributed by atoms with E-state index in [1.54, 1.807) is 35.7 Å². The molecule has 4 nitrogen and oxygen atoms in total. The summed E-state index contributed by atoms with van der Waals surface area (Å²) >= 11 is 7.53. The van der Waals surface area contributed by atoms with Crippen LogP contribution < -0.4 is 5.32 Å². The summed E-state index contributed by atoms with van der Waals surface area (Å²) in [7, 11) is 0. The number of nitrogens with one attached hydrogen (secondary N) is 1. The Labute approximate surface area is 183 Å². The fourth-order valence-corrected chi connectivity index (χ4v) is 3.79. The number of carbonyl (C=O) groups is 2. The van der Waals surface area contributed by atoms with Gasteiger partial charge in [-0.3, -0.25) is 9.59 Å². The molecule has 0 aromatic heterocycles. The largest absolute Gasteiger partial charge is 0.352 e. The monoisotopic (exact) mass is 432 g/mol. The Bertz CT molecular complexity index is 807. The molecule has 2 rings (SSSR count). The number of rotatable bonds is 9. The molecule has 1 atom stereocenters. The number of hydrogen-bond donors (Lipinski definition) is 1. The molecule has 0 saturated heterocycles. The zero-order valence-electron chi connectivity index (χ0n) is 17.4. The molecule has 0 radical (unpaired) electrons. The third-order valence-electron chi connectivity index (χ3n) is 4.48. The Balaban J connectivity index is 2.05. The van der Waals surface area contributed by atoms with Gasteiger partial charge in [-0.1, -0.05) is 53.6 Å². The molecule has 0 bridgehead atoms. The van der Waals surface area contributed by atoms with Crippen LogP contribution in [0.15, 0.2) is 48.5 Å². The maximum absolute atomic E-state index is 13.0. The van der Waals surface area contributed by atoms with Crippen LogP contribution in [0.2, 0.25) is 5.02 Å². The smallest absolute Gasteiger partial charge is 0.242 e. The van der Waals surface area contributed by atoms with Gasteiger partial charge in [0, 0.05) is 23.4 Å². The number of nitrogens with zero attached hydrogens (tertiary/aromatic N) is 1. The highest BCUT2D eigenvalue weighted by atomic mass is 35.5. The van der Waals surface area contributed by atoms with E-state index in [9.17, 15) is 9.59 Å². The minimum atomic E-state index is -0.555. The molecule has 2 amide bonds. The molecule has 2 aromatic carbocycles. The topological polar surface area (TPSA) is 49.4 Å². The lowest BCUT2D eigenvalue weighted by Crippen LogP contribution is -2.49. The van der Waals surface area contributed by atoms with E-state index in [-0.39, 0.29) is 17.9 Å². The van der Waals surface area contributed by atoms with Crippen molar-refractivity contribution in [2.45, 2.75) is 52.1 Å².